The second-order valence-electron chi connectivity index (χ2n) is 5.50. The highest BCUT2D eigenvalue weighted by Gasteiger charge is 2.19. The summed E-state index contributed by atoms with van der Waals surface area (Å²) in [6, 6.07) is 4.88. The van der Waals surface area contributed by atoms with E-state index in [-0.39, 0.29) is 11.7 Å². The van der Waals surface area contributed by atoms with Crippen LogP contribution in [0.5, 0.6) is 0 Å². The number of benzene rings is 1. The molecule has 0 bridgehead atoms. The molecular formula is C14H21FN2O. The van der Waals surface area contributed by atoms with Crippen molar-refractivity contribution in [2.24, 2.45) is 5.73 Å². The lowest BCUT2D eigenvalue weighted by molar-refractivity contribution is -0.131. The molecule has 0 spiro atoms. The maximum Gasteiger partial charge on any atom is 0.224 e. The molecule has 4 heteroatoms. The number of carbonyl (C=O) groups is 1. The zero-order chi connectivity index (χ0) is 13.9. The summed E-state index contributed by atoms with van der Waals surface area (Å²) in [4.78, 5) is 13.5. The van der Waals surface area contributed by atoms with Crippen LogP contribution in [0.2, 0.25) is 0 Å². The average Bonchev–Trinajstić information content (AvgIpc) is 2.21. The van der Waals surface area contributed by atoms with Crippen LogP contribution in [0.1, 0.15) is 31.4 Å². The summed E-state index contributed by atoms with van der Waals surface area (Å²) in [5.74, 6) is -0.236. The summed E-state index contributed by atoms with van der Waals surface area (Å²) in [5, 5.41) is 0. The number of hydrogen-bond donors (Lipinski definition) is 1. The summed E-state index contributed by atoms with van der Waals surface area (Å²) in [7, 11) is 1.73. The van der Waals surface area contributed by atoms with Crippen molar-refractivity contribution in [3.8, 4) is 0 Å². The van der Waals surface area contributed by atoms with Gasteiger partial charge < -0.3 is 10.6 Å². The highest BCUT2D eigenvalue weighted by atomic mass is 19.1. The van der Waals surface area contributed by atoms with Gasteiger partial charge in [-0.25, -0.2) is 4.39 Å². The van der Waals surface area contributed by atoms with Gasteiger partial charge in [0.15, 0.2) is 0 Å². The van der Waals surface area contributed by atoms with Gasteiger partial charge in [-0.2, -0.15) is 0 Å². The van der Waals surface area contributed by atoms with Crippen LogP contribution in [-0.2, 0) is 11.3 Å². The molecular weight excluding hydrogens is 231 g/mol. The fraction of sp³-hybridized carbons (Fsp3) is 0.500. The average molecular weight is 252 g/mol. The van der Waals surface area contributed by atoms with E-state index in [1.165, 1.54) is 6.07 Å². The zero-order valence-electron chi connectivity index (χ0n) is 11.5. The van der Waals surface area contributed by atoms with Gasteiger partial charge in [0, 0.05) is 25.6 Å². The Balaban J connectivity index is 2.66. The van der Waals surface area contributed by atoms with Gasteiger partial charge in [0.2, 0.25) is 5.91 Å². The quantitative estimate of drug-likeness (QED) is 0.893. The molecule has 0 atom stereocenters. The van der Waals surface area contributed by atoms with Gasteiger partial charge in [0.1, 0.15) is 5.82 Å². The molecule has 0 radical (unpaired) electrons. The second-order valence-corrected chi connectivity index (χ2v) is 5.50. The molecule has 1 aromatic carbocycles. The van der Waals surface area contributed by atoms with Crippen molar-refractivity contribution in [3.63, 3.8) is 0 Å². The lowest BCUT2D eigenvalue weighted by Crippen LogP contribution is -2.39. The van der Waals surface area contributed by atoms with Gasteiger partial charge in [0.25, 0.3) is 0 Å². The Morgan fingerprint density at radius 2 is 2.06 bits per heavy atom. The van der Waals surface area contributed by atoms with Crippen molar-refractivity contribution < 1.29 is 9.18 Å². The fourth-order valence-electron chi connectivity index (χ4n) is 1.69. The Bertz CT molecular complexity index is 438. The molecule has 18 heavy (non-hydrogen) atoms. The number of nitrogens with zero attached hydrogens (tertiary/aromatic N) is 1. The Kier molecular flexibility index (Phi) is 4.46. The van der Waals surface area contributed by atoms with Crippen LogP contribution < -0.4 is 5.73 Å². The number of hydrogen-bond acceptors (Lipinski definition) is 2. The number of amides is 1. The van der Waals surface area contributed by atoms with Crippen molar-refractivity contribution in [2.75, 3.05) is 7.05 Å². The SMILES string of the molecule is Cc1cc(CN(C)C(=O)CC(C)(C)N)ccc1F. The standard InChI is InChI=1S/C14H21FN2O/c1-10-7-11(5-6-12(10)15)9-17(4)13(18)8-14(2,3)16/h5-7H,8-9,16H2,1-4H3. The molecule has 0 fully saturated rings. The predicted octanol–water partition coefficient (Wildman–Crippen LogP) is 2.22. The van der Waals surface area contributed by atoms with E-state index in [1.807, 2.05) is 13.8 Å². The first-order valence-corrected chi connectivity index (χ1v) is 5.97. The molecule has 0 aromatic heterocycles. The van der Waals surface area contributed by atoms with Crippen LogP contribution in [0.3, 0.4) is 0 Å². The van der Waals surface area contributed by atoms with Crippen LogP contribution >= 0.6 is 0 Å². The van der Waals surface area contributed by atoms with E-state index in [9.17, 15) is 9.18 Å². The van der Waals surface area contributed by atoms with Crippen LogP contribution in [0.15, 0.2) is 18.2 Å². The number of nitrogens with two attached hydrogens (primary N) is 1. The van der Waals surface area contributed by atoms with Crippen molar-refractivity contribution >= 4 is 5.91 Å². The molecule has 0 aliphatic heterocycles. The van der Waals surface area contributed by atoms with Crippen molar-refractivity contribution in [2.45, 2.75) is 39.3 Å². The normalized spacial score (nSPS) is 11.4. The van der Waals surface area contributed by atoms with E-state index in [0.717, 1.165) is 5.56 Å². The highest BCUT2D eigenvalue weighted by Crippen LogP contribution is 2.13. The maximum atomic E-state index is 13.1. The largest absolute Gasteiger partial charge is 0.341 e. The molecule has 0 saturated heterocycles. The Morgan fingerprint density at radius 3 is 2.56 bits per heavy atom. The number of halogens is 1. The van der Waals surface area contributed by atoms with E-state index in [1.54, 1.807) is 31.0 Å². The molecule has 0 heterocycles. The highest BCUT2D eigenvalue weighted by molar-refractivity contribution is 5.77. The summed E-state index contributed by atoms with van der Waals surface area (Å²) in [6.45, 7) is 5.82. The molecule has 0 aliphatic carbocycles. The minimum Gasteiger partial charge on any atom is -0.341 e. The van der Waals surface area contributed by atoms with Crippen molar-refractivity contribution in [1.29, 1.82) is 0 Å². The number of aryl methyl sites for hydroxylation is 1. The predicted molar refractivity (Wildman–Crippen MR) is 70.5 cm³/mol. The molecule has 1 amide bonds. The first-order chi connectivity index (χ1) is 8.19. The van der Waals surface area contributed by atoms with E-state index >= 15 is 0 Å². The number of carbonyl (C=O) groups excluding carboxylic acids is 1. The van der Waals surface area contributed by atoms with Gasteiger partial charge in [0.05, 0.1) is 0 Å². The van der Waals surface area contributed by atoms with E-state index in [2.05, 4.69) is 0 Å². The summed E-state index contributed by atoms with van der Waals surface area (Å²) in [6.07, 6.45) is 0.295. The lowest BCUT2D eigenvalue weighted by atomic mass is 10.0. The summed E-state index contributed by atoms with van der Waals surface area (Å²) >= 11 is 0. The molecule has 3 nitrogen and oxygen atoms in total. The minimum atomic E-state index is -0.510. The van der Waals surface area contributed by atoms with Crippen LogP contribution in [0, 0.1) is 12.7 Å². The third-order valence-electron chi connectivity index (χ3n) is 2.67. The second kappa shape index (κ2) is 5.48. The Hall–Kier alpha value is -1.42. The van der Waals surface area contributed by atoms with Crippen LogP contribution in [0.4, 0.5) is 4.39 Å². The third kappa shape index (κ3) is 4.45. The molecule has 1 aromatic rings. The summed E-state index contributed by atoms with van der Waals surface area (Å²) in [5.41, 5.74) is 6.81. The van der Waals surface area contributed by atoms with Gasteiger partial charge >= 0.3 is 0 Å². The third-order valence-corrected chi connectivity index (χ3v) is 2.67. The van der Waals surface area contributed by atoms with E-state index in [0.29, 0.717) is 18.5 Å². The monoisotopic (exact) mass is 252 g/mol. The molecule has 0 saturated carbocycles. The zero-order valence-corrected chi connectivity index (χ0v) is 11.5. The van der Waals surface area contributed by atoms with Crippen molar-refractivity contribution in [1.82, 2.24) is 4.90 Å². The maximum absolute atomic E-state index is 13.1. The van der Waals surface area contributed by atoms with Gasteiger partial charge in [-0.3, -0.25) is 4.79 Å². The van der Waals surface area contributed by atoms with Crippen LogP contribution in [-0.4, -0.2) is 23.4 Å². The molecule has 1 rings (SSSR count). The molecule has 2 N–H and O–H groups in total. The summed E-state index contributed by atoms with van der Waals surface area (Å²) < 4.78 is 13.1. The van der Waals surface area contributed by atoms with E-state index in [4.69, 9.17) is 5.73 Å². The molecule has 0 unspecified atom stereocenters. The topological polar surface area (TPSA) is 46.3 Å². The number of rotatable bonds is 4. The van der Waals surface area contributed by atoms with Crippen LogP contribution in [0.25, 0.3) is 0 Å². The molecule has 0 aliphatic rings. The van der Waals surface area contributed by atoms with E-state index < -0.39 is 5.54 Å². The van der Waals surface area contributed by atoms with Gasteiger partial charge in [-0.1, -0.05) is 12.1 Å². The Labute approximate surface area is 108 Å². The first kappa shape index (κ1) is 14.6. The fourth-order valence-corrected chi connectivity index (χ4v) is 1.69. The van der Waals surface area contributed by atoms with Gasteiger partial charge in [-0.05, 0) is 38.0 Å². The minimum absolute atomic E-state index is 0.00974. The van der Waals surface area contributed by atoms with Gasteiger partial charge in [-0.15, -0.1) is 0 Å². The van der Waals surface area contributed by atoms with Crippen molar-refractivity contribution in [3.05, 3.63) is 35.1 Å². The molecule has 100 valence electrons. The smallest absolute Gasteiger partial charge is 0.224 e. The first-order valence-electron chi connectivity index (χ1n) is 5.97. The lowest BCUT2D eigenvalue weighted by Gasteiger charge is -2.23. The Morgan fingerprint density at radius 1 is 1.44 bits per heavy atom.